The molecule has 0 spiro atoms. The van der Waals surface area contributed by atoms with Crippen molar-refractivity contribution in [1.82, 2.24) is 5.32 Å². The molecule has 0 aliphatic carbocycles. The number of hydrogen-bond donors (Lipinski definition) is 2. The minimum atomic E-state index is -1.23. The zero-order valence-corrected chi connectivity index (χ0v) is 11.5. The summed E-state index contributed by atoms with van der Waals surface area (Å²) >= 11 is 1.59. The van der Waals surface area contributed by atoms with Gasteiger partial charge in [0.15, 0.2) is 0 Å². The summed E-state index contributed by atoms with van der Waals surface area (Å²) in [5.74, 6) is -1.39. The van der Waals surface area contributed by atoms with Gasteiger partial charge < -0.3 is 10.4 Å². The SMILES string of the molecule is CCC(C)(NC(=O)c1ccc(SC)cc1)C(=O)O. The second kappa shape index (κ2) is 5.91. The molecule has 0 aliphatic rings. The van der Waals surface area contributed by atoms with Gasteiger partial charge in [0.05, 0.1) is 0 Å². The highest BCUT2D eigenvalue weighted by Gasteiger charge is 2.32. The topological polar surface area (TPSA) is 66.4 Å². The number of carbonyl (C=O) groups excluding carboxylic acids is 1. The van der Waals surface area contributed by atoms with E-state index in [2.05, 4.69) is 5.32 Å². The Morgan fingerprint density at radius 3 is 2.28 bits per heavy atom. The molecule has 18 heavy (non-hydrogen) atoms. The van der Waals surface area contributed by atoms with E-state index < -0.39 is 11.5 Å². The molecule has 1 unspecified atom stereocenters. The molecular weight excluding hydrogens is 250 g/mol. The maximum Gasteiger partial charge on any atom is 0.329 e. The lowest BCUT2D eigenvalue weighted by atomic mass is 9.98. The molecule has 0 heterocycles. The van der Waals surface area contributed by atoms with Crippen LogP contribution in [0, 0.1) is 0 Å². The standard InChI is InChI=1S/C13H17NO3S/c1-4-13(2,12(16)17)14-11(15)9-5-7-10(18-3)8-6-9/h5-8H,4H2,1-3H3,(H,14,15)(H,16,17). The maximum atomic E-state index is 11.9. The number of thioether (sulfide) groups is 1. The van der Waals surface area contributed by atoms with E-state index in [0.29, 0.717) is 12.0 Å². The average Bonchev–Trinajstić information content (AvgIpc) is 2.38. The Morgan fingerprint density at radius 2 is 1.89 bits per heavy atom. The van der Waals surface area contributed by atoms with E-state index in [4.69, 9.17) is 5.11 Å². The Balaban J connectivity index is 2.84. The summed E-state index contributed by atoms with van der Waals surface area (Å²) in [5.41, 5.74) is -0.761. The monoisotopic (exact) mass is 267 g/mol. The van der Waals surface area contributed by atoms with Crippen LogP contribution in [-0.4, -0.2) is 28.8 Å². The van der Waals surface area contributed by atoms with E-state index >= 15 is 0 Å². The Morgan fingerprint density at radius 1 is 1.33 bits per heavy atom. The third-order valence-corrected chi connectivity index (χ3v) is 3.66. The number of hydrogen-bond acceptors (Lipinski definition) is 3. The van der Waals surface area contributed by atoms with E-state index in [1.54, 1.807) is 30.8 Å². The van der Waals surface area contributed by atoms with E-state index in [-0.39, 0.29) is 5.91 Å². The summed E-state index contributed by atoms with van der Waals surface area (Å²) in [4.78, 5) is 24.1. The number of nitrogens with one attached hydrogen (secondary N) is 1. The van der Waals surface area contributed by atoms with E-state index in [1.165, 1.54) is 6.92 Å². The van der Waals surface area contributed by atoms with E-state index in [1.807, 2.05) is 18.4 Å². The van der Waals surface area contributed by atoms with Crippen LogP contribution in [0.2, 0.25) is 0 Å². The Kier molecular flexibility index (Phi) is 4.78. The van der Waals surface area contributed by atoms with Gasteiger partial charge >= 0.3 is 5.97 Å². The minimum absolute atomic E-state index is 0.330. The quantitative estimate of drug-likeness (QED) is 0.804. The van der Waals surface area contributed by atoms with Crippen LogP contribution in [0.3, 0.4) is 0 Å². The van der Waals surface area contributed by atoms with Crippen molar-refractivity contribution < 1.29 is 14.7 Å². The zero-order valence-electron chi connectivity index (χ0n) is 10.7. The van der Waals surface area contributed by atoms with Gasteiger partial charge in [-0.15, -0.1) is 11.8 Å². The summed E-state index contributed by atoms with van der Waals surface area (Å²) in [6, 6.07) is 7.06. The van der Waals surface area contributed by atoms with Gasteiger partial charge in [-0.05, 0) is 43.9 Å². The van der Waals surface area contributed by atoms with Crippen molar-refractivity contribution in [2.75, 3.05) is 6.26 Å². The lowest BCUT2D eigenvalue weighted by molar-refractivity contribution is -0.143. The van der Waals surface area contributed by atoms with Crippen LogP contribution in [0.1, 0.15) is 30.6 Å². The molecule has 1 rings (SSSR count). The van der Waals surface area contributed by atoms with Crippen LogP contribution >= 0.6 is 11.8 Å². The molecule has 0 saturated carbocycles. The molecule has 1 aromatic carbocycles. The number of carboxylic acids is 1. The van der Waals surface area contributed by atoms with Gasteiger partial charge in [-0.2, -0.15) is 0 Å². The van der Waals surface area contributed by atoms with Crippen LogP contribution in [-0.2, 0) is 4.79 Å². The van der Waals surface area contributed by atoms with Gasteiger partial charge in [-0.3, -0.25) is 4.79 Å². The van der Waals surface area contributed by atoms with Gasteiger partial charge in [0.1, 0.15) is 5.54 Å². The van der Waals surface area contributed by atoms with Crippen molar-refractivity contribution in [2.24, 2.45) is 0 Å². The van der Waals surface area contributed by atoms with Crippen LogP contribution in [0.5, 0.6) is 0 Å². The van der Waals surface area contributed by atoms with Crippen LogP contribution in [0.15, 0.2) is 29.2 Å². The van der Waals surface area contributed by atoms with Gasteiger partial charge in [0.25, 0.3) is 5.91 Å². The number of carboxylic acid groups (broad SMARTS) is 1. The Hall–Kier alpha value is -1.49. The molecule has 0 radical (unpaired) electrons. The summed E-state index contributed by atoms with van der Waals surface area (Å²) in [6.45, 7) is 3.23. The molecule has 2 N–H and O–H groups in total. The van der Waals surface area contributed by atoms with Crippen LogP contribution in [0.4, 0.5) is 0 Å². The molecule has 0 bridgehead atoms. The fourth-order valence-electron chi connectivity index (χ4n) is 1.36. The summed E-state index contributed by atoms with van der Waals surface area (Å²) in [6.07, 6.45) is 2.28. The first-order valence-corrected chi connectivity index (χ1v) is 6.85. The van der Waals surface area contributed by atoms with Crippen molar-refractivity contribution in [2.45, 2.75) is 30.7 Å². The first-order valence-electron chi connectivity index (χ1n) is 5.63. The highest BCUT2D eigenvalue weighted by Crippen LogP contribution is 2.16. The fraction of sp³-hybridized carbons (Fsp3) is 0.385. The molecule has 1 atom stereocenters. The summed E-state index contributed by atoms with van der Waals surface area (Å²) in [5, 5.41) is 11.6. The Bertz CT molecular complexity index is 444. The average molecular weight is 267 g/mol. The lowest BCUT2D eigenvalue weighted by Gasteiger charge is -2.24. The minimum Gasteiger partial charge on any atom is -0.480 e. The first kappa shape index (κ1) is 14.6. The third-order valence-electron chi connectivity index (χ3n) is 2.92. The Labute approximate surface area is 111 Å². The maximum absolute atomic E-state index is 11.9. The number of carbonyl (C=O) groups is 2. The molecule has 0 aliphatic heterocycles. The highest BCUT2D eigenvalue weighted by atomic mass is 32.2. The lowest BCUT2D eigenvalue weighted by Crippen LogP contribution is -2.51. The summed E-state index contributed by atoms with van der Waals surface area (Å²) < 4.78 is 0. The van der Waals surface area contributed by atoms with Crippen LogP contribution in [0.25, 0.3) is 0 Å². The number of amides is 1. The highest BCUT2D eigenvalue weighted by molar-refractivity contribution is 7.98. The largest absolute Gasteiger partial charge is 0.480 e. The molecule has 98 valence electrons. The van der Waals surface area contributed by atoms with Crippen molar-refractivity contribution in [3.8, 4) is 0 Å². The van der Waals surface area contributed by atoms with Crippen molar-refractivity contribution >= 4 is 23.6 Å². The van der Waals surface area contributed by atoms with Crippen molar-refractivity contribution in [3.63, 3.8) is 0 Å². The van der Waals surface area contributed by atoms with Crippen molar-refractivity contribution in [3.05, 3.63) is 29.8 Å². The van der Waals surface area contributed by atoms with E-state index in [9.17, 15) is 9.59 Å². The van der Waals surface area contributed by atoms with Crippen LogP contribution < -0.4 is 5.32 Å². The molecule has 0 fully saturated rings. The predicted octanol–water partition coefficient (Wildman–Crippen LogP) is 2.39. The zero-order chi connectivity index (χ0) is 13.8. The van der Waals surface area contributed by atoms with Gasteiger partial charge in [0.2, 0.25) is 0 Å². The molecular formula is C13H17NO3S. The van der Waals surface area contributed by atoms with Gasteiger partial charge in [-0.1, -0.05) is 6.92 Å². The normalized spacial score (nSPS) is 13.7. The molecule has 4 nitrogen and oxygen atoms in total. The smallest absolute Gasteiger partial charge is 0.329 e. The second-order valence-electron chi connectivity index (χ2n) is 4.17. The van der Waals surface area contributed by atoms with Gasteiger partial charge in [-0.25, -0.2) is 4.79 Å². The number of rotatable bonds is 5. The predicted molar refractivity (Wildman–Crippen MR) is 72.0 cm³/mol. The molecule has 1 amide bonds. The second-order valence-corrected chi connectivity index (χ2v) is 5.05. The number of aliphatic carboxylic acids is 1. The molecule has 5 heteroatoms. The first-order chi connectivity index (χ1) is 8.42. The number of benzene rings is 1. The van der Waals surface area contributed by atoms with E-state index in [0.717, 1.165) is 4.90 Å². The summed E-state index contributed by atoms with van der Waals surface area (Å²) in [7, 11) is 0. The molecule has 0 saturated heterocycles. The fourth-order valence-corrected chi connectivity index (χ4v) is 1.77. The van der Waals surface area contributed by atoms with Crippen molar-refractivity contribution in [1.29, 1.82) is 0 Å². The molecule has 1 aromatic rings. The molecule has 0 aromatic heterocycles. The van der Waals surface area contributed by atoms with Gasteiger partial charge in [0, 0.05) is 10.5 Å². The third kappa shape index (κ3) is 3.26.